The van der Waals surface area contributed by atoms with Gasteiger partial charge in [0.1, 0.15) is 0 Å². The molecule has 1 aliphatic heterocycles. The highest BCUT2D eigenvalue weighted by Gasteiger charge is 2.29. The zero-order chi connectivity index (χ0) is 18.7. The SMILES string of the molecule is C[C@@H](C(=O)Nc1cccc(Cl)c1Cl)N1CCN(C(=O)c2ccco2)CC1. The number of hydrogen-bond donors (Lipinski definition) is 1. The molecule has 2 heterocycles. The fraction of sp³-hybridized carbons (Fsp3) is 0.333. The van der Waals surface area contributed by atoms with Crippen molar-refractivity contribution in [3.05, 3.63) is 52.4 Å². The number of furan rings is 1. The number of carbonyl (C=O) groups excluding carboxylic acids is 2. The monoisotopic (exact) mass is 395 g/mol. The molecule has 0 unspecified atom stereocenters. The van der Waals surface area contributed by atoms with Gasteiger partial charge >= 0.3 is 0 Å². The molecule has 8 heteroatoms. The Kier molecular flexibility index (Phi) is 5.86. The highest BCUT2D eigenvalue weighted by atomic mass is 35.5. The second-order valence-electron chi connectivity index (χ2n) is 6.07. The Morgan fingerprint density at radius 3 is 2.50 bits per heavy atom. The van der Waals surface area contributed by atoms with Crippen molar-refractivity contribution in [3.63, 3.8) is 0 Å². The molecule has 1 aliphatic rings. The minimum Gasteiger partial charge on any atom is -0.459 e. The smallest absolute Gasteiger partial charge is 0.289 e. The van der Waals surface area contributed by atoms with E-state index in [1.165, 1.54) is 6.26 Å². The predicted octanol–water partition coefficient (Wildman–Crippen LogP) is 3.37. The van der Waals surface area contributed by atoms with Gasteiger partial charge in [0, 0.05) is 26.2 Å². The summed E-state index contributed by atoms with van der Waals surface area (Å²) in [7, 11) is 0. The zero-order valence-electron chi connectivity index (χ0n) is 14.2. The van der Waals surface area contributed by atoms with E-state index in [-0.39, 0.29) is 17.9 Å². The number of amides is 2. The van der Waals surface area contributed by atoms with E-state index in [1.807, 2.05) is 11.8 Å². The molecular weight excluding hydrogens is 377 g/mol. The van der Waals surface area contributed by atoms with Crippen molar-refractivity contribution in [2.75, 3.05) is 31.5 Å². The molecule has 0 aliphatic carbocycles. The number of nitrogens with one attached hydrogen (secondary N) is 1. The van der Waals surface area contributed by atoms with E-state index < -0.39 is 0 Å². The molecule has 2 amide bonds. The van der Waals surface area contributed by atoms with E-state index >= 15 is 0 Å². The fourth-order valence-electron chi connectivity index (χ4n) is 2.87. The van der Waals surface area contributed by atoms with Crippen molar-refractivity contribution < 1.29 is 14.0 Å². The van der Waals surface area contributed by atoms with Crippen molar-refractivity contribution in [3.8, 4) is 0 Å². The maximum absolute atomic E-state index is 12.5. The molecule has 1 N–H and O–H groups in total. The first-order valence-electron chi connectivity index (χ1n) is 8.29. The zero-order valence-corrected chi connectivity index (χ0v) is 15.8. The lowest BCUT2D eigenvalue weighted by Crippen LogP contribution is -2.54. The minimum absolute atomic E-state index is 0.127. The first-order chi connectivity index (χ1) is 12.5. The van der Waals surface area contributed by atoms with Crippen LogP contribution in [-0.4, -0.2) is 53.8 Å². The van der Waals surface area contributed by atoms with Gasteiger partial charge in [0.25, 0.3) is 5.91 Å². The maximum atomic E-state index is 12.5. The van der Waals surface area contributed by atoms with Crippen LogP contribution < -0.4 is 5.32 Å². The van der Waals surface area contributed by atoms with Crippen molar-refractivity contribution >= 4 is 40.7 Å². The molecule has 0 saturated carbocycles. The Bertz CT molecular complexity index is 787. The van der Waals surface area contributed by atoms with Gasteiger partial charge in [-0.3, -0.25) is 14.5 Å². The van der Waals surface area contributed by atoms with Crippen molar-refractivity contribution in [1.82, 2.24) is 9.80 Å². The van der Waals surface area contributed by atoms with Crippen LogP contribution >= 0.6 is 23.2 Å². The second-order valence-corrected chi connectivity index (χ2v) is 6.86. The Labute approximate surface area is 161 Å². The molecule has 1 saturated heterocycles. The van der Waals surface area contributed by atoms with Gasteiger partial charge in [0.15, 0.2) is 5.76 Å². The van der Waals surface area contributed by atoms with Crippen LogP contribution in [0.3, 0.4) is 0 Å². The number of benzene rings is 1. The summed E-state index contributed by atoms with van der Waals surface area (Å²) in [6.45, 7) is 4.11. The highest BCUT2D eigenvalue weighted by Crippen LogP contribution is 2.29. The summed E-state index contributed by atoms with van der Waals surface area (Å²) < 4.78 is 5.16. The molecule has 0 radical (unpaired) electrons. The quantitative estimate of drug-likeness (QED) is 0.861. The van der Waals surface area contributed by atoms with Crippen molar-refractivity contribution in [1.29, 1.82) is 0 Å². The highest BCUT2D eigenvalue weighted by molar-refractivity contribution is 6.44. The van der Waals surface area contributed by atoms with Gasteiger partial charge in [-0.05, 0) is 31.2 Å². The fourth-order valence-corrected chi connectivity index (χ4v) is 3.22. The third kappa shape index (κ3) is 4.03. The van der Waals surface area contributed by atoms with Crippen LogP contribution in [0.1, 0.15) is 17.5 Å². The van der Waals surface area contributed by atoms with Crippen LogP contribution in [-0.2, 0) is 4.79 Å². The summed E-state index contributed by atoms with van der Waals surface area (Å²) in [4.78, 5) is 28.6. The van der Waals surface area contributed by atoms with Gasteiger partial charge < -0.3 is 14.6 Å². The summed E-state index contributed by atoms with van der Waals surface area (Å²) in [5.74, 6) is 0.0391. The average Bonchev–Trinajstić information content (AvgIpc) is 3.19. The van der Waals surface area contributed by atoms with Crippen LogP contribution in [0.5, 0.6) is 0 Å². The van der Waals surface area contributed by atoms with Crippen LogP contribution in [0.2, 0.25) is 10.0 Å². The molecule has 0 spiro atoms. The third-order valence-electron chi connectivity index (χ3n) is 4.47. The standard InChI is InChI=1S/C18H19Cl2N3O3/c1-12(17(24)21-14-5-2-4-13(19)16(14)20)22-7-9-23(10-8-22)18(25)15-6-3-11-26-15/h2-6,11-12H,7-10H2,1H3,(H,21,24)/t12-/m0/s1. The first kappa shape index (κ1) is 18.8. The van der Waals surface area contributed by atoms with E-state index in [0.717, 1.165) is 0 Å². The average molecular weight is 396 g/mol. The van der Waals surface area contributed by atoms with E-state index in [2.05, 4.69) is 5.32 Å². The molecular formula is C18H19Cl2N3O3. The predicted molar refractivity (Wildman–Crippen MR) is 101 cm³/mol. The molecule has 1 aromatic carbocycles. The molecule has 6 nitrogen and oxygen atoms in total. The number of hydrogen-bond acceptors (Lipinski definition) is 4. The normalized spacial score (nSPS) is 16.3. The number of nitrogens with zero attached hydrogens (tertiary/aromatic N) is 2. The van der Waals surface area contributed by atoms with Crippen LogP contribution in [0, 0.1) is 0 Å². The second kappa shape index (κ2) is 8.12. The van der Waals surface area contributed by atoms with E-state index in [9.17, 15) is 9.59 Å². The third-order valence-corrected chi connectivity index (χ3v) is 5.29. The van der Waals surface area contributed by atoms with Gasteiger partial charge in [-0.15, -0.1) is 0 Å². The van der Waals surface area contributed by atoms with Gasteiger partial charge in [0.2, 0.25) is 5.91 Å². The van der Waals surface area contributed by atoms with Gasteiger partial charge in [0.05, 0.1) is 28.0 Å². The molecule has 1 atom stereocenters. The topological polar surface area (TPSA) is 65.8 Å². The van der Waals surface area contributed by atoms with Crippen molar-refractivity contribution in [2.45, 2.75) is 13.0 Å². The Morgan fingerprint density at radius 2 is 1.85 bits per heavy atom. The summed E-state index contributed by atoms with van der Waals surface area (Å²) in [5.41, 5.74) is 0.489. The number of rotatable bonds is 4. The van der Waals surface area contributed by atoms with E-state index in [4.69, 9.17) is 27.6 Å². The first-order valence-corrected chi connectivity index (χ1v) is 9.04. The lowest BCUT2D eigenvalue weighted by atomic mass is 10.2. The number of carbonyl (C=O) groups is 2. The van der Waals surface area contributed by atoms with E-state index in [0.29, 0.717) is 47.7 Å². The Hall–Kier alpha value is -2.02. The Balaban J connectivity index is 1.56. The lowest BCUT2D eigenvalue weighted by molar-refractivity contribution is -0.121. The molecule has 26 heavy (non-hydrogen) atoms. The molecule has 1 fully saturated rings. The van der Waals surface area contributed by atoms with Gasteiger partial charge in [-0.25, -0.2) is 0 Å². The van der Waals surface area contributed by atoms with Gasteiger partial charge in [-0.1, -0.05) is 29.3 Å². The number of piperazine rings is 1. The lowest BCUT2D eigenvalue weighted by Gasteiger charge is -2.37. The van der Waals surface area contributed by atoms with Crippen LogP contribution in [0.4, 0.5) is 5.69 Å². The van der Waals surface area contributed by atoms with Gasteiger partial charge in [-0.2, -0.15) is 0 Å². The Morgan fingerprint density at radius 1 is 1.12 bits per heavy atom. The summed E-state index contributed by atoms with van der Waals surface area (Å²) in [5, 5.41) is 3.53. The van der Waals surface area contributed by atoms with E-state index in [1.54, 1.807) is 35.2 Å². The number of anilines is 1. The molecule has 3 rings (SSSR count). The minimum atomic E-state index is -0.356. The maximum Gasteiger partial charge on any atom is 0.289 e. The summed E-state index contributed by atoms with van der Waals surface area (Å²) in [6, 6.07) is 8.09. The molecule has 1 aromatic heterocycles. The molecule has 138 valence electrons. The summed E-state index contributed by atoms with van der Waals surface area (Å²) in [6.07, 6.45) is 1.48. The largest absolute Gasteiger partial charge is 0.459 e. The number of halogens is 2. The van der Waals surface area contributed by atoms with Crippen LogP contribution in [0.15, 0.2) is 41.0 Å². The van der Waals surface area contributed by atoms with Crippen molar-refractivity contribution in [2.24, 2.45) is 0 Å². The summed E-state index contributed by atoms with van der Waals surface area (Å²) >= 11 is 12.1. The van der Waals surface area contributed by atoms with Crippen LogP contribution in [0.25, 0.3) is 0 Å². The molecule has 0 bridgehead atoms. The molecule has 2 aromatic rings.